The molecule has 0 saturated heterocycles. The number of carbonyl (C=O) groups is 1. The largest absolute Gasteiger partial charge is 0.469 e. The molecule has 0 amide bonds. The Morgan fingerprint density at radius 1 is 0.840 bits per heavy atom. The van der Waals surface area contributed by atoms with E-state index in [0.717, 1.165) is 19.3 Å². The van der Waals surface area contributed by atoms with Gasteiger partial charge in [0.2, 0.25) is 0 Å². The molecule has 0 spiro atoms. The molecule has 0 aromatic rings. The van der Waals surface area contributed by atoms with Crippen LogP contribution in [-0.2, 0) is 14.3 Å². The highest BCUT2D eigenvalue weighted by Gasteiger charge is 2.04. The van der Waals surface area contributed by atoms with Gasteiger partial charge in [-0.3, -0.25) is 4.79 Å². The second-order valence-electron chi connectivity index (χ2n) is 7.00. The molecule has 0 aliphatic carbocycles. The first kappa shape index (κ1) is 24.2. The van der Waals surface area contributed by atoms with Gasteiger partial charge >= 0.3 is 5.97 Å². The Kier molecular flexibility index (Phi) is 18.8. The van der Waals surface area contributed by atoms with Gasteiger partial charge in [-0.1, -0.05) is 76.9 Å². The first-order valence-corrected chi connectivity index (χ1v) is 10.5. The van der Waals surface area contributed by atoms with Gasteiger partial charge in [0, 0.05) is 13.5 Å². The zero-order valence-corrected chi connectivity index (χ0v) is 17.1. The molecule has 0 bridgehead atoms. The minimum atomic E-state index is -0.0801. The van der Waals surface area contributed by atoms with E-state index in [4.69, 9.17) is 4.74 Å². The topological polar surface area (TPSA) is 35.5 Å². The maximum Gasteiger partial charge on any atom is 0.305 e. The summed E-state index contributed by atoms with van der Waals surface area (Å²) < 4.78 is 10.2. The number of carbonyl (C=O) groups excluding carboxylic acids is 1. The van der Waals surface area contributed by atoms with Crippen molar-refractivity contribution in [3.8, 4) is 0 Å². The molecular formula is C22H42O3. The number of esters is 1. The zero-order chi connectivity index (χ0) is 18.6. The van der Waals surface area contributed by atoms with Crippen molar-refractivity contribution in [1.82, 2.24) is 0 Å². The van der Waals surface area contributed by atoms with Crippen molar-refractivity contribution in [3.05, 3.63) is 12.2 Å². The highest BCUT2D eigenvalue weighted by Crippen LogP contribution is 2.13. The van der Waals surface area contributed by atoms with Crippen LogP contribution in [0.25, 0.3) is 0 Å². The number of rotatable bonds is 18. The highest BCUT2D eigenvalue weighted by molar-refractivity contribution is 5.68. The fourth-order valence-corrected chi connectivity index (χ4v) is 3.01. The van der Waals surface area contributed by atoms with Crippen molar-refractivity contribution in [3.63, 3.8) is 0 Å². The lowest BCUT2D eigenvalue weighted by Crippen LogP contribution is -2.08. The first-order valence-electron chi connectivity index (χ1n) is 10.5. The molecule has 25 heavy (non-hydrogen) atoms. The van der Waals surface area contributed by atoms with Crippen molar-refractivity contribution in [2.75, 3.05) is 14.2 Å². The van der Waals surface area contributed by atoms with Crippen molar-refractivity contribution >= 4 is 5.97 Å². The van der Waals surface area contributed by atoms with E-state index >= 15 is 0 Å². The van der Waals surface area contributed by atoms with E-state index in [2.05, 4.69) is 23.8 Å². The molecule has 0 aromatic carbocycles. The predicted molar refractivity (Wildman–Crippen MR) is 107 cm³/mol. The van der Waals surface area contributed by atoms with Crippen molar-refractivity contribution in [2.45, 2.75) is 109 Å². The zero-order valence-electron chi connectivity index (χ0n) is 17.1. The normalized spacial score (nSPS) is 12.6. The molecule has 0 heterocycles. The predicted octanol–water partition coefficient (Wildman–Crippen LogP) is 6.60. The second-order valence-corrected chi connectivity index (χ2v) is 7.00. The summed E-state index contributed by atoms with van der Waals surface area (Å²) in [5, 5.41) is 0. The molecule has 0 aliphatic heterocycles. The molecule has 0 unspecified atom stereocenters. The van der Waals surface area contributed by atoms with Gasteiger partial charge in [0.15, 0.2) is 0 Å². The van der Waals surface area contributed by atoms with Gasteiger partial charge in [0.25, 0.3) is 0 Å². The summed E-state index contributed by atoms with van der Waals surface area (Å²) in [4.78, 5) is 11.0. The Balaban J connectivity index is 3.37. The van der Waals surface area contributed by atoms with Gasteiger partial charge in [-0.2, -0.15) is 0 Å². The van der Waals surface area contributed by atoms with Gasteiger partial charge in [0.05, 0.1) is 13.2 Å². The van der Waals surface area contributed by atoms with E-state index in [1.807, 2.05) is 7.11 Å². The molecule has 3 heteroatoms. The van der Waals surface area contributed by atoms with Crippen molar-refractivity contribution in [2.24, 2.45) is 0 Å². The molecule has 0 radical (unpaired) electrons. The summed E-state index contributed by atoms with van der Waals surface area (Å²) in [7, 11) is 3.29. The first-order chi connectivity index (χ1) is 12.2. The Bertz CT molecular complexity index is 312. The third kappa shape index (κ3) is 17.8. The summed E-state index contributed by atoms with van der Waals surface area (Å²) >= 11 is 0. The Hall–Kier alpha value is -0.830. The average Bonchev–Trinajstić information content (AvgIpc) is 2.63. The third-order valence-electron chi connectivity index (χ3n) is 4.76. The minimum absolute atomic E-state index is 0.0801. The Morgan fingerprint density at radius 3 is 2.12 bits per heavy atom. The van der Waals surface area contributed by atoms with Crippen LogP contribution in [0.1, 0.15) is 103 Å². The van der Waals surface area contributed by atoms with Gasteiger partial charge < -0.3 is 9.47 Å². The summed E-state index contributed by atoms with van der Waals surface area (Å²) in [6.45, 7) is 2.25. The molecule has 0 saturated carbocycles. The van der Waals surface area contributed by atoms with Gasteiger partial charge in [0.1, 0.15) is 0 Å². The lowest BCUT2D eigenvalue weighted by atomic mass is 10.1. The van der Waals surface area contributed by atoms with E-state index < -0.39 is 0 Å². The summed E-state index contributed by atoms with van der Waals surface area (Å²) in [5.74, 6) is -0.0801. The van der Waals surface area contributed by atoms with E-state index in [1.165, 1.54) is 77.7 Å². The fourth-order valence-electron chi connectivity index (χ4n) is 3.01. The molecule has 0 N–H and O–H groups in total. The molecule has 0 aromatic heterocycles. The Labute approximate surface area is 156 Å². The number of unbranched alkanes of at least 4 members (excludes halogenated alkanes) is 10. The minimum Gasteiger partial charge on any atom is -0.469 e. The standard InChI is InChI=1S/C22H42O3/c1-4-5-6-15-18-21(24-2)19-16-13-11-9-7-8-10-12-14-17-20-22(23)25-3/h13,16,21H,4-12,14-15,17-20H2,1-3H3/b16-13+/t21-/m1/s1. The molecule has 148 valence electrons. The Morgan fingerprint density at radius 2 is 1.48 bits per heavy atom. The number of allylic oxidation sites excluding steroid dienone is 1. The maximum absolute atomic E-state index is 11.0. The van der Waals surface area contributed by atoms with Gasteiger partial charge in [-0.05, 0) is 32.1 Å². The summed E-state index contributed by atoms with van der Waals surface area (Å²) in [6, 6.07) is 0. The number of hydrogen-bond acceptors (Lipinski definition) is 3. The summed E-state index contributed by atoms with van der Waals surface area (Å²) in [6.07, 6.45) is 22.9. The van der Waals surface area contributed by atoms with E-state index in [0.29, 0.717) is 12.5 Å². The maximum atomic E-state index is 11.0. The molecular weight excluding hydrogens is 312 g/mol. The van der Waals surface area contributed by atoms with Crippen LogP contribution >= 0.6 is 0 Å². The van der Waals surface area contributed by atoms with E-state index in [9.17, 15) is 4.79 Å². The van der Waals surface area contributed by atoms with Crippen LogP contribution in [0.15, 0.2) is 12.2 Å². The van der Waals surface area contributed by atoms with Crippen LogP contribution in [0.5, 0.6) is 0 Å². The van der Waals surface area contributed by atoms with E-state index in [-0.39, 0.29) is 5.97 Å². The third-order valence-corrected chi connectivity index (χ3v) is 4.76. The molecule has 0 aliphatic rings. The molecule has 1 atom stereocenters. The number of hydrogen-bond donors (Lipinski definition) is 0. The smallest absolute Gasteiger partial charge is 0.305 e. The number of ether oxygens (including phenoxy) is 2. The van der Waals surface area contributed by atoms with Crippen LogP contribution in [0, 0.1) is 0 Å². The van der Waals surface area contributed by atoms with Crippen LogP contribution in [0.2, 0.25) is 0 Å². The summed E-state index contributed by atoms with van der Waals surface area (Å²) in [5.41, 5.74) is 0. The van der Waals surface area contributed by atoms with Gasteiger partial charge in [-0.15, -0.1) is 0 Å². The van der Waals surface area contributed by atoms with E-state index in [1.54, 1.807) is 0 Å². The van der Waals surface area contributed by atoms with Crippen molar-refractivity contribution in [1.29, 1.82) is 0 Å². The van der Waals surface area contributed by atoms with Crippen LogP contribution in [0.4, 0.5) is 0 Å². The lowest BCUT2D eigenvalue weighted by Gasteiger charge is -2.12. The second kappa shape index (κ2) is 19.5. The van der Waals surface area contributed by atoms with Crippen LogP contribution in [-0.4, -0.2) is 26.3 Å². The van der Waals surface area contributed by atoms with Crippen molar-refractivity contribution < 1.29 is 14.3 Å². The monoisotopic (exact) mass is 354 g/mol. The van der Waals surface area contributed by atoms with Crippen LogP contribution < -0.4 is 0 Å². The molecule has 0 fully saturated rings. The SMILES string of the molecule is CCCCCC[C@H](C/C=C/CCCCCCCCCC(=O)OC)OC. The molecule has 3 nitrogen and oxygen atoms in total. The number of methoxy groups -OCH3 is 2. The van der Waals surface area contributed by atoms with Crippen LogP contribution in [0.3, 0.4) is 0 Å². The highest BCUT2D eigenvalue weighted by atomic mass is 16.5. The lowest BCUT2D eigenvalue weighted by molar-refractivity contribution is -0.140. The fraction of sp³-hybridized carbons (Fsp3) is 0.864. The molecule has 0 rings (SSSR count). The quantitative estimate of drug-likeness (QED) is 0.158. The average molecular weight is 355 g/mol. The van der Waals surface area contributed by atoms with Gasteiger partial charge in [-0.25, -0.2) is 0 Å².